The van der Waals surface area contributed by atoms with Gasteiger partial charge in [0.25, 0.3) is 0 Å². The Balaban J connectivity index is -0.000000516. The number of rotatable bonds is 5. The number of nitrogens with two attached hydrogens (primary N) is 1. The Hall–Kier alpha value is 0.784. The fourth-order valence-corrected chi connectivity index (χ4v) is 2.74. The molecule has 0 unspecified atom stereocenters. The van der Waals surface area contributed by atoms with Crippen molar-refractivity contribution in [3.8, 4) is 0 Å². The number of amides is 1. The van der Waals surface area contributed by atoms with Gasteiger partial charge in [0.05, 0.1) is 0 Å². The Morgan fingerprint density at radius 1 is 0.943 bits per heavy atom. The first-order valence-electron chi connectivity index (χ1n) is 9.68. The Morgan fingerprint density at radius 2 is 1.37 bits per heavy atom. The first-order valence-corrected chi connectivity index (χ1v) is 24.0. The zero-order valence-corrected chi connectivity index (χ0v) is 28.5. The molecule has 0 saturated heterocycles. The first kappa shape index (κ1) is 40.3. The van der Waals surface area contributed by atoms with E-state index < -0.39 is 11.7 Å². The van der Waals surface area contributed by atoms with Gasteiger partial charge in [-0.3, -0.25) is 5.32 Å². The number of halogens is 5. The van der Waals surface area contributed by atoms with Gasteiger partial charge in [-0.15, -0.1) is 0 Å². The number of nitrogen functional groups attached to an aromatic ring is 1. The second kappa shape index (κ2) is 21.7. The van der Waals surface area contributed by atoms with Crippen molar-refractivity contribution < 1.29 is 14.5 Å². The topological polar surface area (TPSA) is 88.4 Å². The van der Waals surface area contributed by atoms with Crippen LogP contribution in [0.4, 0.5) is 16.2 Å². The van der Waals surface area contributed by atoms with E-state index in [0.29, 0.717) is 17.3 Å². The van der Waals surface area contributed by atoms with E-state index in [2.05, 4.69) is 75.9 Å². The van der Waals surface area contributed by atoms with Crippen molar-refractivity contribution in [2.45, 2.75) is 54.3 Å². The summed E-state index contributed by atoms with van der Waals surface area (Å²) in [5.41, 5.74) is 8.60. The second-order valence-electron chi connectivity index (χ2n) is 7.52. The zero-order chi connectivity index (χ0) is 25.6. The van der Waals surface area contributed by atoms with Crippen molar-refractivity contribution in [3.63, 3.8) is 0 Å². The normalized spacial score (nSPS) is 9.91. The molecule has 0 spiro atoms. The standard InChI is InChI=1S/C13H19ClN2O2.C8H11ClN2.2CH4.3HI.V/c1-13(2,3)18-12(17)16-11-6-5-10(14)7-9(11)8-15-4;1-11-5-6-4-7(9)2-3-8(6)10;;;;;;/h5-7,15H,8H2,1-4H3,(H,16,17);2-4,11H,5,10H2,1H3;2*1H4;3*1H;/q;;;;;;;+3/p-3. The van der Waals surface area contributed by atoms with Gasteiger partial charge in [0.2, 0.25) is 0 Å². The third-order valence-corrected chi connectivity index (χ3v) is 4.01. The molecule has 0 bridgehead atoms. The van der Waals surface area contributed by atoms with Crippen LogP contribution in [0.5, 0.6) is 0 Å². The number of carbonyl (C=O) groups is 1. The number of nitrogens with one attached hydrogen (secondary N) is 3. The summed E-state index contributed by atoms with van der Waals surface area (Å²) in [6, 6.07) is 10.8. The number of hydrogen-bond donors (Lipinski definition) is 4. The number of carbonyl (C=O) groups excluding carboxylic acids is 1. The van der Waals surface area contributed by atoms with E-state index in [1.807, 2.05) is 53.1 Å². The van der Waals surface area contributed by atoms with Gasteiger partial charge in [-0.1, -0.05) is 38.1 Å². The molecule has 5 N–H and O–H groups in total. The molecule has 35 heavy (non-hydrogen) atoms. The van der Waals surface area contributed by atoms with Crippen molar-refractivity contribution in [2.24, 2.45) is 0 Å². The molecule has 0 heterocycles. The molecule has 6 nitrogen and oxygen atoms in total. The summed E-state index contributed by atoms with van der Waals surface area (Å²) in [4.78, 5) is 11.4. The van der Waals surface area contributed by atoms with Crippen LogP contribution >= 0.6 is 83.1 Å². The number of ether oxygens (including phenoxy) is 1. The molecule has 0 aliphatic rings. The molecule has 202 valence electrons. The van der Waals surface area contributed by atoms with Crippen LogP contribution in [-0.2, 0) is 22.7 Å². The van der Waals surface area contributed by atoms with Crippen LogP contribution < -0.4 is 21.7 Å². The predicted molar refractivity (Wildman–Crippen MR) is 178 cm³/mol. The Morgan fingerprint density at radius 3 is 1.83 bits per heavy atom. The number of benzene rings is 2. The molecule has 0 aliphatic carbocycles. The van der Waals surface area contributed by atoms with Crippen molar-refractivity contribution in [2.75, 3.05) is 25.1 Å². The number of anilines is 2. The number of hydrogen-bond acceptors (Lipinski definition) is 5. The Kier molecular flexibility index (Phi) is 25.0. The summed E-state index contributed by atoms with van der Waals surface area (Å²) in [7, 11) is 3.71. The summed E-state index contributed by atoms with van der Waals surface area (Å²) in [6.07, 6.45) is -0.470. The van der Waals surface area contributed by atoms with E-state index in [0.717, 1.165) is 28.4 Å². The molecule has 2 aromatic carbocycles. The average molecular weight is 905 g/mol. The Bertz CT molecular complexity index is 870. The van der Waals surface area contributed by atoms with E-state index in [4.69, 9.17) is 33.7 Å². The van der Waals surface area contributed by atoms with E-state index in [-0.39, 0.29) is 19.8 Å². The summed E-state index contributed by atoms with van der Waals surface area (Å²) in [5.74, 6) is 0. The summed E-state index contributed by atoms with van der Waals surface area (Å²) < 4.78 is 5.20. The molecule has 0 aliphatic heterocycles. The fourth-order valence-electron chi connectivity index (χ4n) is 2.35. The van der Waals surface area contributed by atoms with Crippen LogP contribution in [-0.4, -0.2) is 25.8 Å². The van der Waals surface area contributed by atoms with Gasteiger partial charge in [0.15, 0.2) is 0 Å². The zero-order valence-electron chi connectivity index (χ0n) is 19.1. The minimum atomic E-state index is -0.514. The fraction of sp³-hybridized carbons (Fsp3) is 0.435. The SMILES string of the molecule is C.C.CNCc1cc(Cl)ccc1N.CNCc1cc(Cl)ccc1NC(=O)OC(C)(C)C.[I][V]([I])[I]. The van der Waals surface area contributed by atoms with Crippen LogP contribution in [0.25, 0.3) is 0 Å². The molecular formula is C23H38Cl2I3N4O2V. The molecule has 1 amide bonds. The summed E-state index contributed by atoms with van der Waals surface area (Å²) in [5, 5.41) is 10.1. The molecule has 2 rings (SSSR count). The maximum absolute atomic E-state index is 11.7. The van der Waals surface area contributed by atoms with Crippen molar-refractivity contribution >= 4 is 101 Å². The van der Waals surface area contributed by atoms with E-state index in [9.17, 15) is 4.79 Å². The van der Waals surface area contributed by atoms with Crippen LogP contribution in [0.2, 0.25) is 10.0 Å². The van der Waals surface area contributed by atoms with Gasteiger partial charge in [-0.2, -0.15) is 0 Å². The van der Waals surface area contributed by atoms with Gasteiger partial charge in [-0.05, 0) is 82.4 Å². The minimum absolute atomic E-state index is 0. The molecule has 0 atom stereocenters. The van der Waals surface area contributed by atoms with Gasteiger partial charge >= 0.3 is 71.0 Å². The van der Waals surface area contributed by atoms with Gasteiger partial charge < -0.3 is 21.1 Å². The summed E-state index contributed by atoms with van der Waals surface area (Å²) in [6.45, 7) is 6.84. The summed E-state index contributed by atoms with van der Waals surface area (Å²) >= 11 is 19.1. The van der Waals surface area contributed by atoms with Gasteiger partial charge in [0.1, 0.15) is 5.60 Å². The predicted octanol–water partition coefficient (Wildman–Crippen LogP) is 8.97. The van der Waals surface area contributed by atoms with Gasteiger partial charge in [0, 0.05) is 34.5 Å². The molecule has 0 radical (unpaired) electrons. The monoisotopic (exact) mass is 904 g/mol. The maximum atomic E-state index is 11.7. The van der Waals surface area contributed by atoms with Crippen molar-refractivity contribution in [1.29, 1.82) is 0 Å². The molecular weight excluding hydrogens is 867 g/mol. The van der Waals surface area contributed by atoms with Crippen LogP contribution in [0, 0.1) is 0 Å². The average Bonchev–Trinajstić information content (AvgIpc) is 2.66. The van der Waals surface area contributed by atoms with Crippen LogP contribution in [0.3, 0.4) is 0 Å². The molecule has 0 fully saturated rings. The molecule has 12 heteroatoms. The van der Waals surface area contributed by atoms with Crippen LogP contribution in [0.15, 0.2) is 36.4 Å². The van der Waals surface area contributed by atoms with Crippen LogP contribution in [0.1, 0.15) is 46.8 Å². The van der Waals surface area contributed by atoms with Crippen molar-refractivity contribution in [1.82, 2.24) is 10.6 Å². The quantitative estimate of drug-likeness (QED) is 0.178. The first-order chi connectivity index (χ1) is 15.3. The third-order valence-electron chi connectivity index (χ3n) is 3.54. The molecule has 2 aromatic rings. The Labute approximate surface area is 259 Å². The van der Waals surface area contributed by atoms with Gasteiger partial charge in [-0.25, -0.2) is 4.79 Å². The van der Waals surface area contributed by atoms with Crippen molar-refractivity contribution in [3.05, 3.63) is 57.6 Å². The second-order valence-corrected chi connectivity index (χ2v) is 43.8. The molecule has 0 aromatic heterocycles. The van der Waals surface area contributed by atoms with E-state index in [1.165, 1.54) is 0 Å². The van der Waals surface area contributed by atoms with E-state index >= 15 is 0 Å². The molecule has 0 saturated carbocycles. The van der Waals surface area contributed by atoms with E-state index in [1.54, 1.807) is 18.2 Å². The third kappa shape index (κ3) is 21.4.